The smallest absolute Gasteiger partial charge is 0.226 e. The molecule has 0 unspecified atom stereocenters. The molecule has 116 valence electrons. The molecule has 1 aliphatic heterocycles. The molecule has 0 radical (unpaired) electrons. The van der Waals surface area contributed by atoms with Gasteiger partial charge in [0.1, 0.15) is 0 Å². The molecule has 2 rings (SSSR count). The van der Waals surface area contributed by atoms with Gasteiger partial charge in [-0.1, -0.05) is 6.07 Å². The molecular weight excluding hydrogens is 270 g/mol. The number of hydrogen-bond donors (Lipinski definition) is 1. The van der Waals surface area contributed by atoms with Crippen molar-refractivity contribution in [1.82, 2.24) is 14.8 Å². The summed E-state index contributed by atoms with van der Waals surface area (Å²) in [6.45, 7) is 2.05. The molecule has 1 amide bonds. The van der Waals surface area contributed by atoms with Crippen LogP contribution in [0, 0.1) is 11.8 Å². The van der Waals surface area contributed by atoms with Gasteiger partial charge < -0.3 is 14.7 Å². The van der Waals surface area contributed by atoms with Gasteiger partial charge in [0.05, 0.1) is 18.7 Å². The molecule has 1 aliphatic rings. The Labute approximate surface area is 125 Å². The van der Waals surface area contributed by atoms with Gasteiger partial charge in [-0.05, 0) is 6.07 Å². The first kappa shape index (κ1) is 15.7. The maximum absolute atomic E-state index is 12.2. The topological polar surface area (TPSA) is 65.9 Å². The van der Waals surface area contributed by atoms with Gasteiger partial charge in [0.2, 0.25) is 11.8 Å². The van der Waals surface area contributed by atoms with Gasteiger partial charge in [-0.2, -0.15) is 0 Å². The van der Waals surface area contributed by atoms with Crippen molar-refractivity contribution in [2.75, 3.05) is 40.9 Å². The Hall–Kier alpha value is -1.66. The highest BCUT2D eigenvalue weighted by Crippen LogP contribution is 2.26. The molecule has 0 saturated carbocycles. The number of aliphatic hydroxyl groups is 1. The largest absolute Gasteiger partial charge is 0.481 e. The van der Waals surface area contributed by atoms with Gasteiger partial charge >= 0.3 is 0 Å². The fraction of sp³-hybridized carbons (Fsp3) is 0.600. The zero-order chi connectivity index (χ0) is 15.4. The number of likely N-dealkylation sites (tertiary alicyclic amines) is 1. The number of pyridine rings is 1. The van der Waals surface area contributed by atoms with E-state index < -0.39 is 0 Å². The maximum Gasteiger partial charge on any atom is 0.226 e. The van der Waals surface area contributed by atoms with Crippen molar-refractivity contribution in [3.63, 3.8) is 0 Å². The summed E-state index contributed by atoms with van der Waals surface area (Å²) >= 11 is 0. The molecule has 0 spiro atoms. The minimum atomic E-state index is -0.143. The zero-order valence-electron chi connectivity index (χ0n) is 12.8. The molecule has 1 fully saturated rings. The number of aliphatic hydroxyl groups excluding tert-OH is 1. The monoisotopic (exact) mass is 293 g/mol. The normalized spacial score (nSPS) is 22.3. The standard InChI is InChI=1S/C15H23N3O3/c1-17(2)15(20)13-9-18(7-11(13)10-19)8-12-5-4-6-14(16-12)21-3/h4-6,11,13,19H,7-10H2,1-3H3/t11-,13+/m0/s1. The first-order valence-corrected chi connectivity index (χ1v) is 7.09. The molecule has 0 aromatic carbocycles. The summed E-state index contributed by atoms with van der Waals surface area (Å²) in [5, 5.41) is 9.50. The minimum Gasteiger partial charge on any atom is -0.481 e. The fourth-order valence-electron chi connectivity index (χ4n) is 2.77. The van der Waals surface area contributed by atoms with E-state index in [1.54, 1.807) is 26.1 Å². The lowest BCUT2D eigenvalue weighted by Gasteiger charge is -2.19. The lowest BCUT2D eigenvalue weighted by Crippen LogP contribution is -2.35. The molecule has 2 heterocycles. The Balaban J connectivity index is 2.03. The summed E-state index contributed by atoms with van der Waals surface area (Å²) in [7, 11) is 5.10. The second-order valence-electron chi connectivity index (χ2n) is 5.65. The number of amides is 1. The number of carbonyl (C=O) groups is 1. The molecule has 6 heteroatoms. The van der Waals surface area contributed by atoms with E-state index in [9.17, 15) is 9.90 Å². The lowest BCUT2D eigenvalue weighted by molar-refractivity contribution is -0.134. The molecule has 1 aromatic rings. The molecule has 2 atom stereocenters. The highest BCUT2D eigenvalue weighted by molar-refractivity contribution is 5.79. The zero-order valence-corrected chi connectivity index (χ0v) is 12.8. The van der Waals surface area contributed by atoms with Crippen LogP contribution in [-0.4, -0.2) is 66.7 Å². The van der Waals surface area contributed by atoms with Crippen molar-refractivity contribution in [1.29, 1.82) is 0 Å². The number of carbonyl (C=O) groups excluding carboxylic acids is 1. The van der Waals surface area contributed by atoms with Gasteiger partial charge in [-0.15, -0.1) is 0 Å². The maximum atomic E-state index is 12.2. The van der Waals surface area contributed by atoms with Crippen LogP contribution in [0.4, 0.5) is 0 Å². The van der Waals surface area contributed by atoms with E-state index in [1.165, 1.54) is 0 Å². The van der Waals surface area contributed by atoms with Crippen LogP contribution in [0.3, 0.4) is 0 Å². The Morgan fingerprint density at radius 1 is 1.48 bits per heavy atom. The summed E-state index contributed by atoms with van der Waals surface area (Å²) in [5.41, 5.74) is 0.906. The van der Waals surface area contributed by atoms with Gasteiger partial charge in [0.15, 0.2) is 0 Å². The number of ether oxygens (including phenoxy) is 1. The third-order valence-corrected chi connectivity index (χ3v) is 3.89. The van der Waals surface area contributed by atoms with Gasteiger partial charge in [-0.25, -0.2) is 4.98 Å². The first-order valence-electron chi connectivity index (χ1n) is 7.09. The number of rotatable bonds is 5. The van der Waals surface area contributed by atoms with Crippen molar-refractivity contribution in [2.24, 2.45) is 11.8 Å². The Kier molecular flexibility index (Phi) is 5.14. The molecule has 0 aliphatic carbocycles. The molecular formula is C15H23N3O3. The van der Waals surface area contributed by atoms with Gasteiger partial charge in [0, 0.05) is 52.3 Å². The Morgan fingerprint density at radius 2 is 2.24 bits per heavy atom. The third kappa shape index (κ3) is 3.71. The first-order chi connectivity index (χ1) is 10.0. The lowest BCUT2D eigenvalue weighted by atomic mass is 9.96. The SMILES string of the molecule is COc1cccc(CN2C[C@@H](CO)[C@H](C(=O)N(C)C)C2)n1. The average Bonchev–Trinajstić information content (AvgIpc) is 2.89. The predicted molar refractivity (Wildman–Crippen MR) is 78.8 cm³/mol. The molecule has 21 heavy (non-hydrogen) atoms. The van der Waals surface area contributed by atoms with Crippen molar-refractivity contribution in [2.45, 2.75) is 6.54 Å². The van der Waals surface area contributed by atoms with Crippen LogP contribution in [-0.2, 0) is 11.3 Å². The Morgan fingerprint density at radius 3 is 2.86 bits per heavy atom. The van der Waals surface area contributed by atoms with Crippen LogP contribution in [0.1, 0.15) is 5.69 Å². The molecule has 1 aromatic heterocycles. The van der Waals surface area contributed by atoms with Crippen LogP contribution in [0.25, 0.3) is 0 Å². The highest BCUT2D eigenvalue weighted by atomic mass is 16.5. The molecule has 6 nitrogen and oxygen atoms in total. The van der Waals surface area contributed by atoms with E-state index in [-0.39, 0.29) is 24.3 Å². The van der Waals surface area contributed by atoms with Gasteiger partial charge in [-0.3, -0.25) is 9.69 Å². The summed E-state index contributed by atoms with van der Waals surface area (Å²) in [6.07, 6.45) is 0. The van der Waals surface area contributed by atoms with Crippen LogP contribution < -0.4 is 4.74 Å². The van der Waals surface area contributed by atoms with Crippen LogP contribution in [0.5, 0.6) is 5.88 Å². The van der Waals surface area contributed by atoms with Crippen molar-refractivity contribution in [3.8, 4) is 5.88 Å². The summed E-state index contributed by atoms with van der Waals surface area (Å²) < 4.78 is 5.12. The number of hydrogen-bond acceptors (Lipinski definition) is 5. The third-order valence-electron chi connectivity index (χ3n) is 3.89. The van der Waals surface area contributed by atoms with Crippen molar-refractivity contribution >= 4 is 5.91 Å². The minimum absolute atomic E-state index is 0.00879. The van der Waals surface area contributed by atoms with E-state index in [2.05, 4.69) is 9.88 Å². The molecule has 1 saturated heterocycles. The highest BCUT2D eigenvalue weighted by Gasteiger charge is 2.37. The predicted octanol–water partition coefficient (Wildman–Crippen LogP) is 0.219. The van der Waals surface area contributed by atoms with E-state index >= 15 is 0 Å². The van der Waals surface area contributed by atoms with Crippen LogP contribution in [0.2, 0.25) is 0 Å². The van der Waals surface area contributed by atoms with E-state index in [1.807, 2.05) is 18.2 Å². The Bertz CT molecular complexity index is 493. The summed E-state index contributed by atoms with van der Waals surface area (Å²) in [4.78, 5) is 20.3. The van der Waals surface area contributed by atoms with Gasteiger partial charge in [0.25, 0.3) is 0 Å². The summed E-state index contributed by atoms with van der Waals surface area (Å²) in [5.74, 6) is 0.516. The summed E-state index contributed by atoms with van der Waals surface area (Å²) in [6, 6.07) is 5.66. The van der Waals surface area contributed by atoms with Crippen molar-refractivity contribution in [3.05, 3.63) is 23.9 Å². The second-order valence-corrected chi connectivity index (χ2v) is 5.65. The van der Waals surface area contributed by atoms with Crippen LogP contribution >= 0.6 is 0 Å². The van der Waals surface area contributed by atoms with E-state index in [0.717, 1.165) is 5.69 Å². The second kappa shape index (κ2) is 6.87. The quantitative estimate of drug-likeness (QED) is 0.841. The molecule has 1 N–H and O–H groups in total. The number of aromatic nitrogens is 1. The molecule has 0 bridgehead atoms. The number of methoxy groups -OCH3 is 1. The van der Waals surface area contributed by atoms with Crippen molar-refractivity contribution < 1.29 is 14.6 Å². The van der Waals surface area contributed by atoms with Crippen LogP contribution in [0.15, 0.2) is 18.2 Å². The fourth-order valence-corrected chi connectivity index (χ4v) is 2.77. The van der Waals surface area contributed by atoms with E-state index in [4.69, 9.17) is 4.74 Å². The average molecular weight is 293 g/mol. The van der Waals surface area contributed by atoms with E-state index in [0.29, 0.717) is 25.5 Å². The number of nitrogens with zero attached hydrogens (tertiary/aromatic N) is 3.